The molecule has 2 aromatic carbocycles. The molecule has 7 heteroatoms. The number of hydrogen-bond acceptors (Lipinski definition) is 4. The highest BCUT2D eigenvalue weighted by Gasteiger charge is 2.21. The first-order valence-corrected chi connectivity index (χ1v) is 9.18. The van der Waals surface area contributed by atoms with E-state index in [2.05, 4.69) is 10.4 Å². The van der Waals surface area contributed by atoms with Crippen LogP contribution in [0.3, 0.4) is 0 Å². The average Bonchev–Trinajstić information content (AvgIpc) is 3.46. The minimum absolute atomic E-state index is 0.188. The van der Waals surface area contributed by atoms with Gasteiger partial charge in [-0.25, -0.2) is 4.68 Å². The molecule has 144 valence electrons. The Morgan fingerprint density at radius 1 is 1.03 bits per heavy atom. The molecular weight excluding hydrogens is 368 g/mol. The number of aromatic nitrogens is 3. The summed E-state index contributed by atoms with van der Waals surface area (Å²) in [6.45, 7) is 2.21. The Kier molecular flexibility index (Phi) is 4.05. The molecule has 2 aromatic heterocycles. The molecule has 0 radical (unpaired) electrons. The Hall–Kier alpha value is -4.00. The Bertz CT molecular complexity index is 1190. The highest BCUT2D eigenvalue weighted by Crippen LogP contribution is 2.34. The van der Waals surface area contributed by atoms with Crippen LogP contribution in [0.15, 0.2) is 73.2 Å². The quantitative estimate of drug-likeness (QED) is 0.577. The van der Waals surface area contributed by atoms with E-state index in [1.807, 2.05) is 60.3 Å². The van der Waals surface area contributed by atoms with Crippen LogP contribution in [0.25, 0.3) is 11.5 Å². The van der Waals surface area contributed by atoms with E-state index < -0.39 is 0 Å². The van der Waals surface area contributed by atoms with Crippen LogP contribution in [0.4, 0.5) is 5.69 Å². The molecule has 0 unspecified atom stereocenters. The van der Waals surface area contributed by atoms with Crippen LogP contribution in [0, 0.1) is 6.92 Å². The molecule has 4 aromatic rings. The molecule has 0 saturated heterocycles. The van der Waals surface area contributed by atoms with Crippen LogP contribution >= 0.6 is 0 Å². The van der Waals surface area contributed by atoms with Gasteiger partial charge in [-0.15, -0.1) is 0 Å². The van der Waals surface area contributed by atoms with Gasteiger partial charge >= 0.3 is 0 Å². The van der Waals surface area contributed by atoms with Gasteiger partial charge in [0.2, 0.25) is 6.79 Å². The second kappa shape index (κ2) is 6.87. The summed E-state index contributed by atoms with van der Waals surface area (Å²) in [4.78, 5) is 13.1. The summed E-state index contributed by atoms with van der Waals surface area (Å²) >= 11 is 0. The van der Waals surface area contributed by atoms with Crippen LogP contribution in [0.5, 0.6) is 11.5 Å². The number of nitrogens with zero attached hydrogens (tertiary/aromatic N) is 3. The minimum atomic E-state index is -0.258. The molecule has 1 aliphatic rings. The van der Waals surface area contributed by atoms with Crippen molar-refractivity contribution in [3.8, 4) is 23.0 Å². The van der Waals surface area contributed by atoms with Gasteiger partial charge in [-0.2, -0.15) is 5.10 Å². The lowest BCUT2D eigenvalue weighted by Gasteiger charge is -2.12. The molecule has 0 saturated carbocycles. The Balaban J connectivity index is 1.54. The zero-order chi connectivity index (χ0) is 19.8. The largest absolute Gasteiger partial charge is 0.454 e. The number of carbonyl (C=O) groups excluding carboxylic acids is 1. The Morgan fingerprint density at radius 3 is 2.69 bits per heavy atom. The molecule has 0 fully saturated rings. The standard InChI is InChI=1S/C22H18N4O3/c1-15-5-4-6-17(11-15)26-22(25-9-2-3-10-25)18(13-23-26)21(27)24-16-7-8-19-20(12-16)29-14-28-19/h2-13H,14H2,1H3,(H,24,27). The van der Waals surface area contributed by atoms with Crippen molar-refractivity contribution in [3.05, 3.63) is 84.3 Å². The lowest BCUT2D eigenvalue weighted by atomic mass is 10.2. The summed E-state index contributed by atoms with van der Waals surface area (Å²) in [5.74, 6) is 1.69. The van der Waals surface area contributed by atoms with Gasteiger partial charge in [-0.3, -0.25) is 4.79 Å². The summed E-state index contributed by atoms with van der Waals surface area (Å²) in [6, 6.07) is 17.1. The lowest BCUT2D eigenvalue weighted by molar-refractivity contribution is 0.102. The first-order chi connectivity index (χ1) is 14.2. The van der Waals surface area contributed by atoms with Gasteiger partial charge in [-0.1, -0.05) is 12.1 Å². The summed E-state index contributed by atoms with van der Waals surface area (Å²) < 4.78 is 14.4. The van der Waals surface area contributed by atoms with Gasteiger partial charge in [0.25, 0.3) is 5.91 Å². The third-order valence-electron chi connectivity index (χ3n) is 4.71. The van der Waals surface area contributed by atoms with E-state index >= 15 is 0 Å². The van der Waals surface area contributed by atoms with Gasteiger partial charge in [-0.05, 0) is 48.9 Å². The molecule has 0 bridgehead atoms. The molecule has 0 spiro atoms. The first-order valence-electron chi connectivity index (χ1n) is 9.18. The summed E-state index contributed by atoms with van der Waals surface area (Å²) in [5, 5.41) is 7.42. The number of benzene rings is 2. The highest BCUT2D eigenvalue weighted by atomic mass is 16.7. The van der Waals surface area contributed by atoms with Gasteiger partial charge in [0.15, 0.2) is 17.3 Å². The fourth-order valence-electron chi connectivity index (χ4n) is 3.35. The SMILES string of the molecule is Cc1cccc(-n2ncc(C(=O)Nc3ccc4c(c3)OCO4)c2-n2cccc2)c1. The van der Waals surface area contributed by atoms with Crippen LogP contribution < -0.4 is 14.8 Å². The molecule has 29 heavy (non-hydrogen) atoms. The second-order valence-corrected chi connectivity index (χ2v) is 6.75. The topological polar surface area (TPSA) is 70.3 Å². The zero-order valence-electron chi connectivity index (χ0n) is 15.7. The molecule has 1 amide bonds. The summed E-state index contributed by atoms with van der Waals surface area (Å²) in [7, 11) is 0. The van der Waals surface area contributed by atoms with Crippen molar-refractivity contribution < 1.29 is 14.3 Å². The predicted molar refractivity (Wildman–Crippen MR) is 108 cm³/mol. The molecular formula is C22H18N4O3. The van der Waals surface area contributed by atoms with Crippen LogP contribution in [-0.4, -0.2) is 27.0 Å². The predicted octanol–water partition coefficient (Wildman–Crippen LogP) is 3.95. The number of carbonyl (C=O) groups is 1. The number of rotatable bonds is 4. The normalized spacial score (nSPS) is 12.2. The van der Waals surface area contributed by atoms with Crippen LogP contribution in [0.1, 0.15) is 15.9 Å². The van der Waals surface area contributed by atoms with Crippen LogP contribution in [0.2, 0.25) is 0 Å². The van der Waals surface area contributed by atoms with E-state index in [1.165, 1.54) is 0 Å². The fourth-order valence-corrected chi connectivity index (χ4v) is 3.35. The number of amides is 1. The van der Waals surface area contributed by atoms with Crippen molar-refractivity contribution in [2.75, 3.05) is 12.1 Å². The third kappa shape index (κ3) is 3.12. The Morgan fingerprint density at radius 2 is 1.86 bits per heavy atom. The van der Waals surface area contributed by atoms with Crippen LogP contribution in [-0.2, 0) is 0 Å². The highest BCUT2D eigenvalue weighted by molar-refractivity contribution is 6.06. The monoisotopic (exact) mass is 386 g/mol. The molecule has 5 rings (SSSR count). The fraction of sp³-hybridized carbons (Fsp3) is 0.0909. The maximum atomic E-state index is 13.1. The minimum Gasteiger partial charge on any atom is -0.454 e. The second-order valence-electron chi connectivity index (χ2n) is 6.75. The number of fused-ring (bicyclic) bond motifs is 1. The van der Waals surface area contributed by atoms with Gasteiger partial charge < -0.3 is 19.4 Å². The number of hydrogen-bond donors (Lipinski definition) is 1. The van der Waals surface area contributed by atoms with E-state index in [1.54, 1.807) is 29.1 Å². The average molecular weight is 386 g/mol. The third-order valence-corrected chi connectivity index (χ3v) is 4.71. The van der Waals surface area contributed by atoms with Crippen molar-refractivity contribution in [2.45, 2.75) is 6.92 Å². The van der Waals surface area contributed by atoms with Crippen molar-refractivity contribution in [2.24, 2.45) is 0 Å². The maximum Gasteiger partial charge on any atom is 0.261 e. The number of anilines is 1. The van der Waals surface area contributed by atoms with E-state index in [-0.39, 0.29) is 12.7 Å². The summed E-state index contributed by atoms with van der Waals surface area (Å²) in [5.41, 5.74) is 3.08. The zero-order valence-corrected chi connectivity index (χ0v) is 15.7. The molecule has 3 heterocycles. The summed E-state index contributed by atoms with van der Waals surface area (Å²) in [6.07, 6.45) is 5.36. The Labute approximate surface area is 167 Å². The lowest BCUT2D eigenvalue weighted by Crippen LogP contribution is -2.15. The molecule has 0 aliphatic carbocycles. The van der Waals surface area contributed by atoms with Crippen molar-refractivity contribution in [3.63, 3.8) is 0 Å². The van der Waals surface area contributed by atoms with E-state index in [4.69, 9.17) is 9.47 Å². The number of nitrogens with one attached hydrogen (secondary N) is 1. The first kappa shape index (κ1) is 17.1. The van der Waals surface area contributed by atoms with Gasteiger partial charge in [0.05, 0.1) is 11.9 Å². The van der Waals surface area contributed by atoms with E-state index in [0.29, 0.717) is 28.6 Å². The van der Waals surface area contributed by atoms with Crippen molar-refractivity contribution in [1.29, 1.82) is 0 Å². The van der Waals surface area contributed by atoms with Gasteiger partial charge in [0, 0.05) is 24.1 Å². The van der Waals surface area contributed by atoms with Crippen molar-refractivity contribution in [1.82, 2.24) is 14.3 Å². The molecule has 7 nitrogen and oxygen atoms in total. The smallest absolute Gasteiger partial charge is 0.261 e. The van der Waals surface area contributed by atoms with E-state index in [0.717, 1.165) is 11.3 Å². The van der Waals surface area contributed by atoms with Crippen molar-refractivity contribution >= 4 is 11.6 Å². The molecule has 0 atom stereocenters. The van der Waals surface area contributed by atoms with Gasteiger partial charge in [0.1, 0.15) is 5.56 Å². The molecule has 1 aliphatic heterocycles. The molecule has 1 N–H and O–H groups in total. The maximum absolute atomic E-state index is 13.1. The number of aryl methyl sites for hydroxylation is 1. The van der Waals surface area contributed by atoms with E-state index in [9.17, 15) is 4.79 Å². The number of ether oxygens (including phenoxy) is 2.